The molecular weight excluding hydrogens is 566 g/mol. The van der Waals surface area contributed by atoms with Gasteiger partial charge in [0.25, 0.3) is 11.8 Å². The summed E-state index contributed by atoms with van der Waals surface area (Å²) in [6, 6.07) is 7.57. The predicted octanol–water partition coefficient (Wildman–Crippen LogP) is 5.28. The zero-order valence-electron chi connectivity index (χ0n) is 21.7. The molecule has 1 fully saturated rings. The predicted molar refractivity (Wildman–Crippen MR) is 138 cm³/mol. The van der Waals surface area contributed by atoms with E-state index >= 15 is 4.39 Å². The number of phenols is 1. The number of amides is 2. The quantitative estimate of drug-likeness (QED) is 0.316. The Labute approximate surface area is 235 Å². The van der Waals surface area contributed by atoms with Gasteiger partial charge in [-0.15, -0.1) is 13.2 Å². The zero-order valence-corrected chi connectivity index (χ0v) is 21.7. The topological polar surface area (TPSA) is 142 Å². The molecule has 0 atom stereocenters. The van der Waals surface area contributed by atoms with Gasteiger partial charge in [-0.3, -0.25) is 14.6 Å². The van der Waals surface area contributed by atoms with Gasteiger partial charge < -0.3 is 35.1 Å². The van der Waals surface area contributed by atoms with Gasteiger partial charge in [0.2, 0.25) is 0 Å². The molecule has 42 heavy (non-hydrogen) atoms. The summed E-state index contributed by atoms with van der Waals surface area (Å²) in [5, 5.41) is 12.8. The third kappa shape index (κ3) is 6.44. The Morgan fingerprint density at radius 3 is 2.48 bits per heavy atom. The largest absolute Gasteiger partial charge is 0.573 e. The molecule has 220 valence electrons. The highest BCUT2D eigenvalue weighted by molar-refractivity contribution is 6.07. The Bertz CT molecular complexity index is 1570. The first-order chi connectivity index (χ1) is 19.9. The lowest BCUT2D eigenvalue weighted by atomic mass is 9.89. The van der Waals surface area contributed by atoms with Crippen LogP contribution in [0, 0.1) is 5.82 Å². The van der Waals surface area contributed by atoms with Gasteiger partial charge in [-0.1, -0.05) is 6.08 Å². The lowest BCUT2D eigenvalue weighted by molar-refractivity contribution is -0.274. The van der Waals surface area contributed by atoms with Crippen molar-refractivity contribution in [3.8, 4) is 23.0 Å². The van der Waals surface area contributed by atoms with Crippen LogP contribution in [-0.2, 0) is 9.47 Å². The molecule has 1 saturated heterocycles. The Morgan fingerprint density at radius 2 is 1.83 bits per heavy atom. The number of benzene rings is 2. The first-order valence-electron chi connectivity index (χ1n) is 12.6. The molecule has 5 rings (SSSR count). The highest BCUT2D eigenvalue weighted by Gasteiger charge is 2.38. The van der Waals surface area contributed by atoms with Gasteiger partial charge in [-0.25, -0.2) is 4.39 Å². The molecule has 0 saturated carbocycles. The highest BCUT2D eigenvalue weighted by Crippen LogP contribution is 2.42. The van der Waals surface area contributed by atoms with Gasteiger partial charge in [0, 0.05) is 30.8 Å². The van der Waals surface area contributed by atoms with Gasteiger partial charge >= 0.3 is 6.36 Å². The van der Waals surface area contributed by atoms with Gasteiger partial charge in [0.15, 0.2) is 17.3 Å². The first kappa shape index (κ1) is 28.8. The van der Waals surface area contributed by atoms with Gasteiger partial charge in [0.05, 0.1) is 13.2 Å². The van der Waals surface area contributed by atoms with Crippen LogP contribution >= 0.6 is 0 Å². The minimum Gasteiger partial charge on any atom is -0.504 e. The number of rotatable bonds is 7. The van der Waals surface area contributed by atoms with Crippen LogP contribution in [0.2, 0.25) is 0 Å². The molecule has 0 bridgehead atoms. The maximum Gasteiger partial charge on any atom is 0.573 e. The molecule has 4 N–H and O–H groups in total. The number of carbonyl (C=O) groups excluding carboxylic acids is 2. The summed E-state index contributed by atoms with van der Waals surface area (Å²) in [5.74, 6) is -5.77. The molecule has 0 unspecified atom stereocenters. The lowest BCUT2D eigenvalue weighted by Gasteiger charge is -2.30. The second kappa shape index (κ2) is 11.3. The molecule has 1 aliphatic carbocycles. The SMILES string of the molecule is NC(=O)c1cc(NC(=O)c2c(F)cc(C3=CCC4(CC3)OCCO4)cc2Oc2ccc(OC(F)(F)F)cc2O)ccn1. The summed E-state index contributed by atoms with van der Waals surface area (Å²) in [5.41, 5.74) is 5.66. The molecule has 2 aliphatic rings. The molecule has 14 heteroatoms. The van der Waals surface area contributed by atoms with Crippen molar-refractivity contribution in [2.45, 2.75) is 31.4 Å². The number of hydrogen-bond donors (Lipinski definition) is 3. The van der Waals surface area contributed by atoms with Crippen LogP contribution < -0.4 is 20.5 Å². The maximum atomic E-state index is 15.7. The molecule has 2 amide bonds. The van der Waals surface area contributed by atoms with Gasteiger partial charge in [-0.2, -0.15) is 0 Å². The van der Waals surface area contributed by atoms with Crippen molar-refractivity contribution in [2.75, 3.05) is 18.5 Å². The zero-order chi connectivity index (χ0) is 30.1. The number of anilines is 1. The number of aromatic hydroxyl groups is 1. The van der Waals surface area contributed by atoms with E-state index in [1.807, 2.05) is 6.08 Å². The number of primary amides is 1. The molecule has 1 aromatic heterocycles. The molecule has 2 heterocycles. The van der Waals surface area contributed by atoms with Crippen LogP contribution in [0.15, 0.2) is 54.7 Å². The number of ether oxygens (including phenoxy) is 4. The van der Waals surface area contributed by atoms with E-state index in [0.717, 1.165) is 18.2 Å². The van der Waals surface area contributed by atoms with E-state index in [2.05, 4.69) is 15.0 Å². The van der Waals surface area contributed by atoms with Crippen molar-refractivity contribution in [1.82, 2.24) is 4.98 Å². The number of carbonyl (C=O) groups is 2. The molecule has 1 aliphatic heterocycles. The number of allylic oxidation sites excluding steroid dienone is 1. The Morgan fingerprint density at radius 1 is 1.07 bits per heavy atom. The fraction of sp³-hybridized carbons (Fsp3) is 0.250. The summed E-state index contributed by atoms with van der Waals surface area (Å²) in [6.45, 7) is 0.933. The van der Waals surface area contributed by atoms with Crippen molar-refractivity contribution in [3.63, 3.8) is 0 Å². The Hall–Kier alpha value is -4.69. The van der Waals surface area contributed by atoms with Gasteiger partial charge in [-0.05, 0) is 54.0 Å². The lowest BCUT2D eigenvalue weighted by Crippen LogP contribution is -2.31. The number of nitrogens with zero attached hydrogens (tertiary/aromatic N) is 1. The highest BCUT2D eigenvalue weighted by atomic mass is 19.4. The molecular formula is C28H23F4N3O7. The van der Waals surface area contributed by atoms with E-state index in [9.17, 15) is 27.9 Å². The smallest absolute Gasteiger partial charge is 0.504 e. The second-order valence-electron chi connectivity index (χ2n) is 9.40. The van der Waals surface area contributed by atoms with Crippen LogP contribution in [0.25, 0.3) is 5.57 Å². The van der Waals surface area contributed by atoms with Crippen LogP contribution in [0.4, 0.5) is 23.2 Å². The normalized spacial score (nSPS) is 16.1. The Balaban J connectivity index is 1.50. The average molecular weight is 589 g/mol. The monoisotopic (exact) mass is 589 g/mol. The molecule has 2 aromatic carbocycles. The molecule has 10 nitrogen and oxygen atoms in total. The van der Waals surface area contributed by atoms with Gasteiger partial charge in [0.1, 0.15) is 28.6 Å². The third-order valence-corrected chi connectivity index (χ3v) is 6.55. The fourth-order valence-corrected chi connectivity index (χ4v) is 4.63. The fourth-order valence-electron chi connectivity index (χ4n) is 4.63. The number of nitrogens with two attached hydrogens (primary N) is 1. The van der Waals surface area contributed by atoms with E-state index in [1.165, 1.54) is 24.4 Å². The number of halogens is 4. The molecule has 3 aromatic rings. The van der Waals surface area contributed by atoms with Crippen LogP contribution in [0.5, 0.6) is 23.0 Å². The minimum atomic E-state index is -5.00. The van der Waals surface area contributed by atoms with E-state index in [1.54, 1.807) is 0 Å². The molecule has 0 radical (unpaired) electrons. The number of phenolic OH excluding ortho intramolecular Hbond substituents is 1. The van der Waals surface area contributed by atoms with E-state index in [-0.39, 0.29) is 22.9 Å². The van der Waals surface area contributed by atoms with E-state index in [4.69, 9.17) is 19.9 Å². The standard InChI is InChI=1S/C28H23F4N3O7/c29-19-11-16(15-3-6-27(7-4-15)39-9-10-40-27)12-23(41-22-2-1-18(14-21(22)36)42-28(30,31)32)24(19)26(38)35-17-5-8-34-20(13-17)25(33)37/h1-3,5,8,11-14,36H,4,6-7,9-10H2,(H2,33,37)(H,34,35,38). The van der Waals surface area contributed by atoms with E-state index in [0.29, 0.717) is 49.7 Å². The summed E-state index contributed by atoms with van der Waals surface area (Å²) in [6.07, 6.45) is -0.587. The molecule has 1 spiro atoms. The maximum absolute atomic E-state index is 15.7. The second-order valence-corrected chi connectivity index (χ2v) is 9.40. The van der Waals surface area contributed by atoms with Crippen molar-refractivity contribution in [3.05, 3.63) is 77.4 Å². The summed E-state index contributed by atoms with van der Waals surface area (Å²) < 4.78 is 74.4. The van der Waals surface area contributed by atoms with Crippen molar-refractivity contribution in [1.29, 1.82) is 0 Å². The summed E-state index contributed by atoms with van der Waals surface area (Å²) in [7, 11) is 0. The van der Waals surface area contributed by atoms with Crippen molar-refractivity contribution < 1.29 is 51.2 Å². The summed E-state index contributed by atoms with van der Waals surface area (Å²) in [4.78, 5) is 28.5. The summed E-state index contributed by atoms with van der Waals surface area (Å²) >= 11 is 0. The number of pyridine rings is 1. The van der Waals surface area contributed by atoms with Crippen LogP contribution in [0.1, 0.15) is 45.7 Å². The van der Waals surface area contributed by atoms with Crippen LogP contribution in [-0.4, -0.2) is 47.3 Å². The number of hydrogen-bond acceptors (Lipinski definition) is 8. The minimum absolute atomic E-state index is 0.0755. The first-order valence-corrected chi connectivity index (χ1v) is 12.6. The number of alkyl halides is 3. The number of aromatic nitrogens is 1. The van der Waals surface area contributed by atoms with Crippen LogP contribution in [0.3, 0.4) is 0 Å². The van der Waals surface area contributed by atoms with Crippen molar-refractivity contribution >= 4 is 23.1 Å². The third-order valence-electron chi connectivity index (χ3n) is 6.55. The van der Waals surface area contributed by atoms with E-state index < -0.39 is 46.8 Å². The Kier molecular flexibility index (Phi) is 7.75. The number of nitrogens with one attached hydrogen (secondary N) is 1. The van der Waals surface area contributed by atoms with Crippen molar-refractivity contribution in [2.24, 2.45) is 5.73 Å². The average Bonchev–Trinajstić information content (AvgIpc) is 3.37.